The summed E-state index contributed by atoms with van der Waals surface area (Å²) < 4.78 is 12.7. The Balaban J connectivity index is 1.95. The quantitative estimate of drug-likeness (QED) is 0.737. The molecular formula is C14H15Br2NO2. The van der Waals surface area contributed by atoms with Gasteiger partial charge in [-0.3, -0.25) is 0 Å². The van der Waals surface area contributed by atoms with Gasteiger partial charge < -0.3 is 14.5 Å². The minimum atomic E-state index is 0.626. The van der Waals surface area contributed by atoms with Crippen molar-refractivity contribution in [3.8, 4) is 5.75 Å². The lowest BCUT2D eigenvalue weighted by Gasteiger charge is -2.08. The van der Waals surface area contributed by atoms with E-state index in [0.717, 1.165) is 34.7 Å². The molecule has 0 amide bonds. The minimum absolute atomic E-state index is 0.626. The van der Waals surface area contributed by atoms with Crippen molar-refractivity contribution in [3.63, 3.8) is 0 Å². The van der Waals surface area contributed by atoms with Crippen molar-refractivity contribution in [2.24, 2.45) is 0 Å². The normalized spacial score (nSPS) is 10.5. The van der Waals surface area contributed by atoms with Crippen molar-refractivity contribution in [3.05, 3.63) is 45.2 Å². The fourth-order valence-electron chi connectivity index (χ4n) is 1.58. The summed E-state index contributed by atoms with van der Waals surface area (Å²) in [4.78, 5) is 0. The minimum Gasteiger partial charge on any atom is -0.494 e. The van der Waals surface area contributed by atoms with E-state index in [0.29, 0.717) is 11.2 Å². The molecule has 0 bridgehead atoms. The maximum Gasteiger partial charge on any atom is 0.183 e. The van der Waals surface area contributed by atoms with Crippen molar-refractivity contribution in [2.45, 2.75) is 19.9 Å². The first-order valence-corrected chi connectivity index (χ1v) is 7.68. The Morgan fingerprint density at radius 2 is 2.11 bits per heavy atom. The van der Waals surface area contributed by atoms with Crippen LogP contribution in [0.1, 0.15) is 19.1 Å². The number of halogens is 2. The summed E-state index contributed by atoms with van der Waals surface area (Å²) in [5, 5.41) is 3.30. The van der Waals surface area contributed by atoms with Gasteiger partial charge in [-0.25, -0.2) is 0 Å². The highest BCUT2D eigenvalue weighted by atomic mass is 79.9. The van der Waals surface area contributed by atoms with Crippen LogP contribution in [0.4, 0.5) is 5.69 Å². The van der Waals surface area contributed by atoms with Gasteiger partial charge in [-0.1, -0.05) is 13.0 Å². The zero-order valence-corrected chi connectivity index (χ0v) is 13.8. The van der Waals surface area contributed by atoms with Gasteiger partial charge in [0, 0.05) is 11.8 Å². The highest BCUT2D eigenvalue weighted by Gasteiger charge is 2.05. The largest absolute Gasteiger partial charge is 0.494 e. The fraction of sp³-hybridized carbons (Fsp3) is 0.286. The average molecular weight is 389 g/mol. The van der Waals surface area contributed by atoms with Gasteiger partial charge in [0.05, 0.1) is 17.6 Å². The number of furan rings is 1. The molecule has 2 aromatic rings. The van der Waals surface area contributed by atoms with Gasteiger partial charge >= 0.3 is 0 Å². The van der Waals surface area contributed by atoms with Gasteiger partial charge in [-0.2, -0.15) is 0 Å². The van der Waals surface area contributed by atoms with E-state index in [1.807, 2.05) is 30.3 Å². The Morgan fingerprint density at radius 3 is 2.79 bits per heavy atom. The fourth-order valence-corrected chi connectivity index (χ4v) is 2.24. The van der Waals surface area contributed by atoms with Crippen molar-refractivity contribution >= 4 is 37.5 Å². The maximum atomic E-state index is 5.59. The molecule has 2 rings (SSSR count). The molecule has 0 aliphatic rings. The maximum absolute atomic E-state index is 5.59. The molecule has 0 saturated heterocycles. The van der Waals surface area contributed by atoms with Crippen LogP contribution < -0.4 is 10.1 Å². The number of nitrogens with one attached hydrogen (secondary N) is 1. The van der Waals surface area contributed by atoms with Gasteiger partial charge in [0.25, 0.3) is 0 Å². The Bertz CT molecular complexity index is 520. The number of ether oxygens (including phenoxy) is 1. The van der Waals surface area contributed by atoms with Crippen molar-refractivity contribution in [1.82, 2.24) is 0 Å². The van der Waals surface area contributed by atoms with E-state index in [1.54, 1.807) is 0 Å². The first kappa shape index (κ1) is 14.5. The number of hydrogen-bond donors (Lipinski definition) is 1. The molecule has 1 aromatic carbocycles. The van der Waals surface area contributed by atoms with E-state index >= 15 is 0 Å². The molecule has 5 heteroatoms. The highest BCUT2D eigenvalue weighted by molar-refractivity contribution is 9.13. The summed E-state index contributed by atoms with van der Waals surface area (Å²) in [6.07, 6.45) is 1.01. The van der Waals surface area contributed by atoms with Gasteiger partial charge in [0.2, 0.25) is 0 Å². The molecule has 0 atom stereocenters. The first-order valence-electron chi connectivity index (χ1n) is 6.09. The lowest BCUT2D eigenvalue weighted by molar-refractivity contribution is 0.317. The standard InChI is InChI=1S/C14H15Br2NO2/c1-2-6-18-11-5-3-4-10(7-11)17-9-12-8-13(15)14(16)19-12/h3-5,7-8,17H,2,6,9H2,1H3. The summed E-state index contributed by atoms with van der Waals surface area (Å²) >= 11 is 6.71. The van der Waals surface area contributed by atoms with E-state index in [2.05, 4.69) is 44.1 Å². The van der Waals surface area contributed by atoms with Crippen LogP contribution in [0.25, 0.3) is 0 Å². The second-order valence-electron chi connectivity index (χ2n) is 4.06. The molecule has 0 aliphatic heterocycles. The molecule has 102 valence electrons. The molecule has 0 saturated carbocycles. The summed E-state index contributed by atoms with van der Waals surface area (Å²) in [7, 11) is 0. The van der Waals surface area contributed by atoms with Gasteiger partial charge in [0.1, 0.15) is 11.5 Å². The van der Waals surface area contributed by atoms with Crippen LogP contribution in [0.3, 0.4) is 0 Å². The molecule has 0 fully saturated rings. The summed E-state index contributed by atoms with van der Waals surface area (Å²) in [6.45, 7) is 3.46. The Morgan fingerprint density at radius 1 is 1.26 bits per heavy atom. The zero-order chi connectivity index (χ0) is 13.7. The molecule has 1 aromatic heterocycles. The van der Waals surface area contributed by atoms with Gasteiger partial charge in [-0.15, -0.1) is 0 Å². The van der Waals surface area contributed by atoms with E-state index in [1.165, 1.54) is 0 Å². The van der Waals surface area contributed by atoms with Crippen molar-refractivity contribution in [1.29, 1.82) is 0 Å². The van der Waals surface area contributed by atoms with Crippen LogP contribution in [0, 0.1) is 0 Å². The molecular weight excluding hydrogens is 374 g/mol. The lowest BCUT2D eigenvalue weighted by Crippen LogP contribution is -1.99. The Kier molecular flexibility index (Phi) is 5.34. The van der Waals surface area contributed by atoms with Gasteiger partial charge in [0.15, 0.2) is 4.67 Å². The molecule has 0 aliphatic carbocycles. The number of rotatable bonds is 6. The highest BCUT2D eigenvalue weighted by Crippen LogP contribution is 2.27. The van der Waals surface area contributed by atoms with E-state index in [9.17, 15) is 0 Å². The van der Waals surface area contributed by atoms with Crippen LogP contribution >= 0.6 is 31.9 Å². The smallest absolute Gasteiger partial charge is 0.183 e. The van der Waals surface area contributed by atoms with E-state index in [4.69, 9.17) is 9.15 Å². The predicted molar refractivity (Wildman–Crippen MR) is 83.7 cm³/mol. The van der Waals surface area contributed by atoms with Crippen molar-refractivity contribution in [2.75, 3.05) is 11.9 Å². The summed E-state index contributed by atoms with van der Waals surface area (Å²) in [5.74, 6) is 1.74. The number of benzene rings is 1. The second kappa shape index (κ2) is 7.01. The molecule has 0 radical (unpaired) electrons. The van der Waals surface area contributed by atoms with Crippen LogP contribution in [0.15, 0.2) is 43.9 Å². The number of hydrogen-bond acceptors (Lipinski definition) is 3. The SMILES string of the molecule is CCCOc1cccc(NCc2cc(Br)c(Br)o2)c1. The topological polar surface area (TPSA) is 34.4 Å². The molecule has 0 unspecified atom stereocenters. The van der Waals surface area contributed by atoms with Crippen LogP contribution in [0.5, 0.6) is 5.75 Å². The van der Waals surface area contributed by atoms with Crippen LogP contribution in [-0.4, -0.2) is 6.61 Å². The van der Waals surface area contributed by atoms with Crippen molar-refractivity contribution < 1.29 is 9.15 Å². The predicted octanol–water partition coefficient (Wildman–Crippen LogP) is 5.21. The summed E-state index contributed by atoms with van der Waals surface area (Å²) in [6, 6.07) is 9.87. The van der Waals surface area contributed by atoms with Crippen LogP contribution in [0.2, 0.25) is 0 Å². The third-order valence-electron chi connectivity index (χ3n) is 2.47. The monoisotopic (exact) mass is 387 g/mol. The molecule has 1 N–H and O–H groups in total. The third-order valence-corrected chi connectivity index (χ3v) is 4.18. The summed E-state index contributed by atoms with van der Waals surface area (Å²) in [5.41, 5.74) is 1.01. The van der Waals surface area contributed by atoms with E-state index < -0.39 is 0 Å². The third kappa shape index (κ3) is 4.28. The molecule has 0 spiro atoms. The molecule has 3 nitrogen and oxygen atoms in total. The van der Waals surface area contributed by atoms with Crippen LogP contribution in [-0.2, 0) is 6.54 Å². The van der Waals surface area contributed by atoms with Gasteiger partial charge in [-0.05, 0) is 56.5 Å². The van der Waals surface area contributed by atoms with E-state index in [-0.39, 0.29) is 0 Å². The lowest BCUT2D eigenvalue weighted by atomic mass is 10.3. The first-order chi connectivity index (χ1) is 9.19. The Hall–Kier alpha value is -0.940. The zero-order valence-electron chi connectivity index (χ0n) is 10.6. The Labute approximate surface area is 129 Å². The molecule has 19 heavy (non-hydrogen) atoms. The second-order valence-corrected chi connectivity index (χ2v) is 5.64. The average Bonchev–Trinajstić information content (AvgIpc) is 2.74. The molecule has 1 heterocycles. The number of anilines is 1.